The summed E-state index contributed by atoms with van der Waals surface area (Å²) in [6, 6.07) is 4.41. The van der Waals surface area contributed by atoms with Gasteiger partial charge in [-0.25, -0.2) is 0 Å². The van der Waals surface area contributed by atoms with Crippen LogP contribution in [0.4, 0.5) is 13.2 Å². The van der Waals surface area contributed by atoms with Crippen molar-refractivity contribution in [3.63, 3.8) is 0 Å². The number of aryl methyl sites for hydroxylation is 1. The zero-order valence-electron chi connectivity index (χ0n) is 9.06. The lowest BCUT2D eigenvalue weighted by molar-refractivity contribution is -0.138. The van der Waals surface area contributed by atoms with E-state index in [4.69, 9.17) is 0 Å². The molecular formula is C12H14F3N. The Morgan fingerprint density at radius 1 is 1.31 bits per heavy atom. The van der Waals surface area contributed by atoms with E-state index in [0.29, 0.717) is 12.1 Å². The molecular weight excluding hydrogens is 215 g/mol. The van der Waals surface area contributed by atoms with Crippen LogP contribution in [-0.4, -0.2) is 13.1 Å². The Bertz CT molecular complexity index is 378. The van der Waals surface area contributed by atoms with Crippen molar-refractivity contribution in [3.8, 4) is 0 Å². The number of benzene rings is 1. The summed E-state index contributed by atoms with van der Waals surface area (Å²) in [5.41, 5.74) is 0.740. The quantitative estimate of drug-likeness (QED) is 0.780. The molecule has 1 saturated heterocycles. The van der Waals surface area contributed by atoms with Crippen molar-refractivity contribution in [1.82, 2.24) is 5.32 Å². The van der Waals surface area contributed by atoms with Crippen LogP contribution in [0.2, 0.25) is 0 Å². The van der Waals surface area contributed by atoms with Crippen LogP contribution in [0.3, 0.4) is 0 Å². The van der Waals surface area contributed by atoms with Gasteiger partial charge in [0, 0.05) is 6.54 Å². The fourth-order valence-electron chi connectivity index (χ4n) is 2.37. The minimum absolute atomic E-state index is 0.00201. The van der Waals surface area contributed by atoms with Gasteiger partial charge in [-0.05, 0) is 43.0 Å². The van der Waals surface area contributed by atoms with E-state index >= 15 is 0 Å². The predicted octanol–water partition coefficient (Wildman–Crippen LogP) is 3.09. The summed E-state index contributed by atoms with van der Waals surface area (Å²) >= 11 is 0. The van der Waals surface area contributed by atoms with Crippen LogP contribution >= 0.6 is 0 Å². The van der Waals surface area contributed by atoms with E-state index in [-0.39, 0.29) is 5.92 Å². The van der Waals surface area contributed by atoms with Crippen molar-refractivity contribution in [2.75, 3.05) is 13.1 Å². The van der Waals surface area contributed by atoms with Gasteiger partial charge in [0.1, 0.15) is 0 Å². The van der Waals surface area contributed by atoms with E-state index < -0.39 is 11.7 Å². The lowest BCUT2D eigenvalue weighted by Gasteiger charge is -2.19. The van der Waals surface area contributed by atoms with Crippen LogP contribution in [-0.2, 0) is 6.18 Å². The Hall–Kier alpha value is -1.03. The molecule has 1 aromatic rings. The topological polar surface area (TPSA) is 12.0 Å². The van der Waals surface area contributed by atoms with E-state index in [1.807, 2.05) is 0 Å². The molecule has 1 unspecified atom stereocenters. The van der Waals surface area contributed by atoms with Crippen LogP contribution < -0.4 is 5.32 Å². The Kier molecular flexibility index (Phi) is 2.93. The SMILES string of the molecule is Cc1cccc(C(F)(F)F)c1C1CCNC1. The van der Waals surface area contributed by atoms with Gasteiger partial charge in [-0.15, -0.1) is 0 Å². The zero-order chi connectivity index (χ0) is 11.8. The molecule has 0 aliphatic carbocycles. The maximum absolute atomic E-state index is 12.9. The Morgan fingerprint density at radius 3 is 2.62 bits per heavy atom. The molecule has 1 fully saturated rings. The molecule has 1 aromatic carbocycles. The van der Waals surface area contributed by atoms with Gasteiger partial charge in [0.2, 0.25) is 0 Å². The van der Waals surface area contributed by atoms with Crippen LogP contribution in [0, 0.1) is 6.92 Å². The van der Waals surface area contributed by atoms with Crippen molar-refractivity contribution in [2.45, 2.75) is 25.4 Å². The molecule has 0 saturated carbocycles. The molecule has 88 valence electrons. The Morgan fingerprint density at radius 2 is 2.06 bits per heavy atom. The summed E-state index contributed by atoms with van der Waals surface area (Å²) in [4.78, 5) is 0. The molecule has 0 aromatic heterocycles. The Labute approximate surface area is 92.7 Å². The van der Waals surface area contributed by atoms with Gasteiger partial charge >= 0.3 is 6.18 Å². The molecule has 1 heterocycles. The highest BCUT2D eigenvalue weighted by atomic mass is 19.4. The zero-order valence-corrected chi connectivity index (χ0v) is 9.06. The van der Waals surface area contributed by atoms with E-state index in [0.717, 1.165) is 18.5 Å². The lowest BCUT2D eigenvalue weighted by Crippen LogP contribution is -2.15. The first-order valence-electron chi connectivity index (χ1n) is 5.37. The lowest BCUT2D eigenvalue weighted by atomic mass is 9.89. The number of hydrogen-bond donors (Lipinski definition) is 1. The minimum Gasteiger partial charge on any atom is -0.316 e. The second-order valence-electron chi connectivity index (χ2n) is 4.22. The number of alkyl halides is 3. The van der Waals surface area contributed by atoms with Crippen molar-refractivity contribution < 1.29 is 13.2 Å². The van der Waals surface area contributed by atoms with E-state index in [1.165, 1.54) is 12.1 Å². The molecule has 1 aliphatic heterocycles. The fourth-order valence-corrected chi connectivity index (χ4v) is 2.37. The van der Waals surface area contributed by atoms with Crippen LogP contribution in [0.1, 0.15) is 29.0 Å². The van der Waals surface area contributed by atoms with E-state index in [9.17, 15) is 13.2 Å². The molecule has 1 atom stereocenters. The maximum Gasteiger partial charge on any atom is 0.416 e. The normalized spacial score (nSPS) is 21.4. The van der Waals surface area contributed by atoms with Crippen molar-refractivity contribution in [2.24, 2.45) is 0 Å². The minimum atomic E-state index is -4.25. The highest BCUT2D eigenvalue weighted by Gasteiger charge is 2.36. The second kappa shape index (κ2) is 4.09. The first-order valence-corrected chi connectivity index (χ1v) is 5.37. The fraction of sp³-hybridized carbons (Fsp3) is 0.500. The van der Waals surface area contributed by atoms with Gasteiger partial charge in [0.05, 0.1) is 5.56 Å². The largest absolute Gasteiger partial charge is 0.416 e. The summed E-state index contributed by atoms with van der Waals surface area (Å²) in [6.45, 7) is 3.20. The van der Waals surface area contributed by atoms with Gasteiger partial charge < -0.3 is 5.32 Å². The predicted molar refractivity (Wildman–Crippen MR) is 56.4 cm³/mol. The molecule has 2 rings (SSSR count). The number of rotatable bonds is 1. The highest BCUT2D eigenvalue weighted by molar-refractivity contribution is 5.39. The molecule has 1 aliphatic rings. The first kappa shape index (κ1) is 11.5. The smallest absolute Gasteiger partial charge is 0.316 e. The average Bonchev–Trinajstić information content (AvgIpc) is 2.68. The Balaban J connectivity index is 2.48. The van der Waals surface area contributed by atoms with Gasteiger partial charge in [-0.2, -0.15) is 13.2 Å². The molecule has 16 heavy (non-hydrogen) atoms. The van der Waals surface area contributed by atoms with Crippen LogP contribution in [0.5, 0.6) is 0 Å². The van der Waals surface area contributed by atoms with Crippen LogP contribution in [0.25, 0.3) is 0 Å². The molecule has 4 heteroatoms. The van der Waals surface area contributed by atoms with Crippen LogP contribution in [0.15, 0.2) is 18.2 Å². The van der Waals surface area contributed by atoms with Gasteiger partial charge in [0.15, 0.2) is 0 Å². The molecule has 0 bridgehead atoms. The van der Waals surface area contributed by atoms with Gasteiger partial charge in [0.25, 0.3) is 0 Å². The summed E-state index contributed by atoms with van der Waals surface area (Å²) in [6.07, 6.45) is -3.46. The molecule has 0 amide bonds. The van der Waals surface area contributed by atoms with E-state index in [1.54, 1.807) is 13.0 Å². The second-order valence-corrected chi connectivity index (χ2v) is 4.22. The summed E-state index contributed by atoms with van der Waals surface area (Å²) in [5.74, 6) is -0.00201. The third-order valence-electron chi connectivity index (χ3n) is 3.10. The average molecular weight is 229 g/mol. The monoisotopic (exact) mass is 229 g/mol. The van der Waals surface area contributed by atoms with Crippen molar-refractivity contribution in [1.29, 1.82) is 0 Å². The number of halogens is 3. The van der Waals surface area contributed by atoms with E-state index in [2.05, 4.69) is 5.32 Å². The first-order chi connectivity index (χ1) is 7.50. The standard InChI is InChI=1S/C12H14F3N/c1-8-3-2-4-10(12(13,14)15)11(8)9-5-6-16-7-9/h2-4,9,16H,5-7H2,1H3. The molecule has 0 radical (unpaired) electrons. The number of hydrogen-bond acceptors (Lipinski definition) is 1. The molecule has 1 N–H and O–H groups in total. The summed E-state index contributed by atoms with van der Waals surface area (Å²) in [5, 5.41) is 3.11. The third-order valence-corrected chi connectivity index (χ3v) is 3.10. The maximum atomic E-state index is 12.9. The molecule has 1 nitrogen and oxygen atoms in total. The third kappa shape index (κ3) is 2.07. The number of nitrogens with one attached hydrogen (secondary N) is 1. The summed E-state index contributed by atoms with van der Waals surface area (Å²) in [7, 11) is 0. The van der Waals surface area contributed by atoms with Crippen molar-refractivity contribution >= 4 is 0 Å². The molecule has 0 spiro atoms. The summed E-state index contributed by atoms with van der Waals surface area (Å²) < 4.78 is 38.6. The van der Waals surface area contributed by atoms with Gasteiger partial charge in [-0.3, -0.25) is 0 Å². The van der Waals surface area contributed by atoms with Crippen molar-refractivity contribution in [3.05, 3.63) is 34.9 Å². The van der Waals surface area contributed by atoms with Gasteiger partial charge in [-0.1, -0.05) is 12.1 Å². The highest BCUT2D eigenvalue weighted by Crippen LogP contribution is 2.38.